The summed E-state index contributed by atoms with van der Waals surface area (Å²) in [5.74, 6) is -0.559. The standard InChI is InChI=1S/C18H18N2O4/c1-11-6-9-16(18(19-11)20(22)23)24-12(2)17(21)15-8-7-13-4-3-5-14(13)10-15/h6-10,12H,3-5H2,1-2H3/t12-/m1/s1. The van der Waals surface area contributed by atoms with Crippen molar-refractivity contribution in [2.45, 2.75) is 39.2 Å². The predicted molar refractivity (Wildman–Crippen MR) is 88.5 cm³/mol. The minimum Gasteiger partial charge on any atom is -0.474 e. The maximum Gasteiger partial charge on any atom is 0.406 e. The number of fused-ring (bicyclic) bond motifs is 1. The Morgan fingerprint density at radius 2 is 2.00 bits per heavy atom. The van der Waals surface area contributed by atoms with Crippen molar-refractivity contribution in [3.8, 4) is 5.75 Å². The summed E-state index contributed by atoms with van der Waals surface area (Å²) in [5.41, 5.74) is 3.59. The third-order valence-electron chi connectivity index (χ3n) is 4.21. The number of ketones is 1. The van der Waals surface area contributed by atoms with Gasteiger partial charge in [0.05, 0.1) is 0 Å². The van der Waals surface area contributed by atoms with Gasteiger partial charge in [0.2, 0.25) is 11.5 Å². The molecule has 0 spiro atoms. The normalized spacial score (nSPS) is 14.1. The number of nitrogens with zero attached hydrogens (tertiary/aromatic N) is 2. The lowest BCUT2D eigenvalue weighted by molar-refractivity contribution is -0.390. The largest absolute Gasteiger partial charge is 0.474 e. The molecule has 0 bridgehead atoms. The molecule has 1 heterocycles. The Morgan fingerprint density at radius 3 is 2.75 bits per heavy atom. The average molecular weight is 326 g/mol. The lowest BCUT2D eigenvalue weighted by atomic mass is 10.0. The van der Waals surface area contributed by atoms with Crippen molar-refractivity contribution in [1.29, 1.82) is 0 Å². The predicted octanol–water partition coefficient (Wildman–Crippen LogP) is 3.44. The molecule has 1 aromatic heterocycles. The minimum absolute atomic E-state index is 0.00705. The summed E-state index contributed by atoms with van der Waals surface area (Å²) < 4.78 is 5.54. The monoisotopic (exact) mass is 326 g/mol. The third-order valence-corrected chi connectivity index (χ3v) is 4.21. The Labute approximate surface area is 139 Å². The number of Topliss-reactive ketones (excluding diaryl/α,β-unsaturated/α-hetero) is 1. The number of hydrogen-bond donors (Lipinski definition) is 0. The smallest absolute Gasteiger partial charge is 0.406 e. The summed E-state index contributed by atoms with van der Waals surface area (Å²) in [6.45, 7) is 3.26. The molecule has 0 saturated carbocycles. The maximum absolute atomic E-state index is 12.6. The molecule has 1 aliphatic rings. The van der Waals surface area contributed by atoms with Crippen LogP contribution in [0.15, 0.2) is 30.3 Å². The van der Waals surface area contributed by atoms with Crippen LogP contribution in [0.4, 0.5) is 5.82 Å². The Hall–Kier alpha value is -2.76. The molecule has 2 aromatic rings. The van der Waals surface area contributed by atoms with E-state index in [9.17, 15) is 14.9 Å². The zero-order valence-corrected chi connectivity index (χ0v) is 13.6. The highest BCUT2D eigenvalue weighted by atomic mass is 16.6. The first-order valence-corrected chi connectivity index (χ1v) is 7.90. The first-order chi connectivity index (χ1) is 11.5. The van der Waals surface area contributed by atoms with E-state index in [1.165, 1.54) is 17.2 Å². The van der Waals surface area contributed by atoms with Crippen molar-refractivity contribution in [3.05, 3.63) is 62.8 Å². The highest BCUT2D eigenvalue weighted by molar-refractivity contribution is 5.99. The van der Waals surface area contributed by atoms with Crippen molar-refractivity contribution in [3.63, 3.8) is 0 Å². The van der Waals surface area contributed by atoms with Crippen molar-refractivity contribution in [2.24, 2.45) is 0 Å². The van der Waals surface area contributed by atoms with Gasteiger partial charge in [0.1, 0.15) is 5.69 Å². The van der Waals surface area contributed by atoms with Crippen LogP contribution in [-0.4, -0.2) is 21.8 Å². The second kappa shape index (κ2) is 6.39. The van der Waals surface area contributed by atoms with Crippen LogP contribution in [-0.2, 0) is 12.8 Å². The molecule has 0 saturated heterocycles. The van der Waals surface area contributed by atoms with E-state index in [0.717, 1.165) is 19.3 Å². The Bertz CT molecular complexity index is 817. The van der Waals surface area contributed by atoms with Gasteiger partial charge in [0, 0.05) is 12.5 Å². The molecule has 0 fully saturated rings. The zero-order valence-electron chi connectivity index (χ0n) is 13.6. The first-order valence-electron chi connectivity index (χ1n) is 7.90. The van der Waals surface area contributed by atoms with Gasteiger partial charge in [-0.1, -0.05) is 12.1 Å². The highest BCUT2D eigenvalue weighted by Gasteiger charge is 2.24. The van der Waals surface area contributed by atoms with Crippen molar-refractivity contribution in [2.75, 3.05) is 0 Å². The molecule has 0 radical (unpaired) electrons. The minimum atomic E-state index is -0.826. The molecule has 0 aliphatic heterocycles. The van der Waals surface area contributed by atoms with Gasteiger partial charge in [-0.2, -0.15) is 0 Å². The van der Waals surface area contributed by atoms with Gasteiger partial charge in [-0.25, -0.2) is 0 Å². The van der Waals surface area contributed by atoms with Gasteiger partial charge < -0.3 is 14.9 Å². The Kier molecular flexibility index (Phi) is 4.29. The summed E-state index contributed by atoms with van der Waals surface area (Å²) in [5, 5.41) is 11.1. The molecular weight excluding hydrogens is 308 g/mol. The second-order valence-corrected chi connectivity index (χ2v) is 5.99. The number of rotatable bonds is 5. The van der Waals surface area contributed by atoms with Gasteiger partial charge in [0.25, 0.3) is 0 Å². The van der Waals surface area contributed by atoms with Crippen LogP contribution < -0.4 is 4.74 Å². The van der Waals surface area contributed by atoms with Crippen LogP contribution in [0.3, 0.4) is 0 Å². The second-order valence-electron chi connectivity index (χ2n) is 5.99. The quantitative estimate of drug-likeness (QED) is 0.477. The molecule has 1 atom stereocenters. The molecular formula is C18H18N2O4. The number of aromatic nitrogens is 1. The average Bonchev–Trinajstić information content (AvgIpc) is 3.03. The molecule has 124 valence electrons. The van der Waals surface area contributed by atoms with Crippen LogP contribution >= 0.6 is 0 Å². The third kappa shape index (κ3) is 3.13. The van der Waals surface area contributed by atoms with Gasteiger partial charge in [-0.3, -0.25) is 4.79 Å². The lowest BCUT2D eigenvalue weighted by Crippen LogP contribution is -2.24. The number of aryl methyl sites for hydroxylation is 3. The van der Waals surface area contributed by atoms with Gasteiger partial charge >= 0.3 is 5.82 Å². The molecule has 3 rings (SSSR count). The van der Waals surface area contributed by atoms with Crippen LogP contribution in [0, 0.1) is 17.0 Å². The summed E-state index contributed by atoms with van der Waals surface area (Å²) in [4.78, 5) is 27.0. The number of pyridine rings is 1. The Balaban J connectivity index is 1.81. The van der Waals surface area contributed by atoms with Crippen LogP contribution in [0.25, 0.3) is 0 Å². The van der Waals surface area contributed by atoms with E-state index < -0.39 is 11.0 Å². The summed E-state index contributed by atoms with van der Waals surface area (Å²) >= 11 is 0. The van der Waals surface area contributed by atoms with Crippen LogP contribution in [0.2, 0.25) is 0 Å². The van der Waals surface area contributed by atoms with Crippen LogP contribution in [0.5, 0.6) is 5.75 Å². The number of carbonyl (C=O) groups excluding carboxylic acids is 1. The number of benzene rings is 1. The zero-order chi connectivity index (χ0) is 17.3. The maximum atomic E-state index is 12.6. The molecule has 0 amide bonds. The van der Waals surface area contributed by atoms with E-state index in [2.05, 4.69) is 4.98 Å². The van der Waals surface area contributed by atoms with E-state index in [0.29, 0.717) is 11.3 Å². The summed E-state index contributed by atoms with van der Waals surface area (Å²) in [6.07, 6.45) is 2.32. The van der Waals surface area contributed by atoms with E-state index in [4.69, 9.17) is 4.74 Å². The molecule has 6 heteroatoms. The first kappa shape index (κ1) is 16.1. The number of nitro groups is 1. The van der Waals surface area contributed by atoms with Crippen molar-refractivity contribution in [1.82, 2.24) is 4.98 Å². The molecule has 24 heavy (non-hydrogen) atoms. The lowest BCUT2D eigenvalue weighted by Gasteiger charge is -2.14. The topological polar surface area (TPSA) is 82.3 Å². The molecule has 0 N–H and O–H groups in total. The number of carbonyl (C=O) groups is 1. The van der Waals surface area contributed by atoms with Crippen LogP contribution in [0.1, 0.15) is 40.5 Å². The fraction of sp³-hybridized carbons (Fsp3) is 0.333. The van der Waals surface area contributed by atoms with E-state index >= 15 is 0 Å². The molecule has 1 aliphatic carbocycles. The number of ether oxygens (including phenoxy) is 1. The van der Waals surface area contributed by atoms with Crippen molar-refractivity contribution >= 4 is 11.6 Å². The fourth-order valence-corrected chi connectivity index (χ4v) is 2.96. The van der Waals surface area contributed by atoms with Gasteiger partial charge in [-0.15, -0.1) is 0 Å². The van der Waals surface area contributed by atoms with Gasteiger partial charge in [-0.05, 0) is 65.4 Å². The van der Waals surface area contributed by atoms with Gasteiger partial charge in [0.15, 0.2) is 6.10 Å². The molecule has 1 aromatic carbocycles. The highest BCUT2D eigenvalue weighted by Crippen LogP contribution is 2.27. The summed E-state index contributed by atoms with van der Waals surface area (Å²) in [7, 11) is 0. The summed E-state index contributed by atoms with van der Waals surface area (Å²) in [6, 6.07) is 8.79. The van der Waals surface area contributed by atoms with E-state index in [1.807, 2.05) is 12.1 Å². The number of hydrogen-bond acceptors (Lipinski definition) is 5. The fourth-order valence-electron chi connectivity index (χ4n) is 2.96. The van der Waals surface area contributed by atoms with Crippen molar-refractivity contribution < 1.29 is 14.5 Å². The van der Waals surface area contributed by atoms with E-state index in [-0.39, 0.29) is 17.4 Å². The SMILES string of the molecule is Cc1ccc(O[C@H](C)C(=O)c2ccc3c(c2)CCC3)c([N+](=O)[O-])n1. The van der Waals surface area contributed by atoms with E-state index in [1.54, 1.807) is 26.0 Å². The molecule has 6 nitrogen and oxygen atoms in total. The molecule has 0 unspecified atom stereocenters. The Morgan fingerprint density at radius 1 is 1.25 bits per heavy atom.